The SMILES string of the molecule is Cc1nc(NC(C)(C)C)cc(C(=O)NCCc2cccc(Cl)c2)n1. The molecule has 0 aliphatic carbocycles. The number of nitrogens with one attached hydrogen (secondary N) is 2. The molecule has 24 heavy (non-hydrogen) atoms. The van der Waals surface area contributed by atoms with Crippen LogP contribution in [0.3, 0.4) is 0 Å². The lowest BCUT2D eigenvalue weighted by atomic mass is 10.1. The van der Waals surface area contributed by atoms with Crippen molar-refractivity contribution in [1.82, 2.24) is 15.3 Å². The van der Waals surface area contributed by atoms with Gasteiger partial charge in [0, 0.05) is 23.2 Å². The van der Waals surface area contributed by atoms with Crippen molar-refractivity contribution in [1.29, 1.82) is 0 Å². The van der Waals surface area contributed by atoms with Crippen molar-refractivity contribution in [3.8, 4) is 0 Å². The van der Waals surface area contributed by atoms with Crippen LogP contribution in [0.4, 0.5) is 5.82 Å². The zero-order valence-electron chi connectivity index (χ0n) is 14.5. The van der Waals surface area contributed by atoms with E-state index in [4.69, 9.17) is 11.6 Å². The summed E-state index contributed by atoms with van der Waals surface area (Å²) in [7, 11) is 0. The van der Waals surface area contributed by atoms with Gasteiger partial charge < -0.3 is 10.6 Å². The van der Waals surface area contributed by atoms with Crippen molar-refractivity contribution in [3.63, 3.8) is 0 Å². The standard InChI is InChI=1S/C18H23ClN4O/c1-12-21-15(11-16(22-12)23-18(2,3)4)17(24)20-9-8-13-6-5-7-14(19)10-13/h5-7,10-11H,8-9H2,1-4H3,(H,20,24)(H,21,22,23). The zero-order chi connectivity index (χ0) is 17.7. The van der Waals surface area contributed by atoms with Gasteiger partial charge in [-0.3, -0.25) is 4.79 Å². The van der Waals surface area contributed by atoms with Crippen LogP contribution >= 0.6 is 11.6 Å². The summed E-state index contributed by atoms with van der Waals surface area (Å²) >= 11 is 5.96. The van der Waals surface area contributed by atoms with Crippen LogP contribution in [-0.4, -0.2) is 28.0 Å². The lowest BCUT2D eigenvalue weighted by Crippen LogP contribution is -2.29. The molecule has 0 spiro atoms. The van der Waals surface area contributed by atoms with Gasteiger partial charge >= 0.3 is 0 Å². The number of aryl methyl sites for hydroxylation is 1. The molecule has 0 atom stereocenters. The summed E-state index contributed by atoms with van der Waals surface area (Å²) in [5.41, 5.74) is 1.30. The molecule has 1 heterocycles. The van der Waals surface area contributed by atoms with Gasteiger partial charge in [-0.25, -0.2) is 9.97 Å². The topological polar surface area (TPSA) is 66.9 Å². The molecule has 0 radical (unpaired) electrons. The molecule has 1 aromatic carbocycles. The number of halogens is 1. The monoisotopic (exact) mass is 346 g/mol. The van der Waals surface area contributed by atoms with Crippen molar-refractivity contribution in [2.75, 3.05) is 11.9 Å². The van der Waals surface area contributed by atoms with Gasteiger partial charge in [0.1, 0.15) is 17.3 Å². The Morgan fingerprint density at radius 3 is 2.62 bits per heavy atom. The number of hydrogen-bond donors (Lipinski definition) is 2. The molecular weight excluding hydrogens is 324 g/mol. The van der Waals surface area contributed by atoms with Crippen molar-refractivity contribution in [2.24, 2.45) is 0 Å². The van der Waals surface area contributed by atoms with Crippen molar-refractivity contribution in [3.05, 3.63) is 52.4 Å². The molecule has 0 aliphatic rings. The normalized spacial score (nSPS) is 11.2. The summed E-state index contributed by atoms with van der Waals surface area (Å²) in [4.78, 5) is 20.9. The number of aromatic nitrogens is 2. The summed E-state index contributed by atoms with van der Waals surface area (Å²) in [5.74, 6) is 0.999. The highest BCUT2D eigenvalue weighted by Crippen LogP contribution is 2.14. The smallest absolute Gasteiger partial charge is 0.270 e. The van der Waals surface area contributed by atoms with Gasteiger partial charge in [-0.15, -0.1) is 0 Å². The van der Waals surface area contributed by atoms with Crippen molar-refractivity contribution >= 4 is 23.3 Å². The molecule has 2 aromatic rings. The van der Waals surface area contributed by atoms with E-state index in [2.05, 4.69) is 20.6 Å². The summed E-state index contributed by atoms with van der Waals surface area (Å²) in [6, 6.07) is 9.29. The van der Waals surface area contributed by atoms with Crippen LogP contribution in [0.1, 0.15) is 42.6 Å². The molecule has 0 unspecified atom stereocenters. The molecule has 1 amide bonds. The highest BCUT2D eigenvalue weighted by atomic mass is 35.5. The van der Waals surface area contributed by atoms with Gasteiger partial charge in [0.05, 0.1) is 0 Å². The summed E-state index contributed by atoms with van der Waals surface area (Å²) in [6.07, 6.45) is 0.712. The Kier molecular flexibility index (Phi) is 5.78. The lowest BCUT2D eigenvalue weighted by Gasteiger charge is -2.21. The number of amides is 1. The zero-order valence-corrected chi connectivity index (χ0v) is 15.2. The fraction of sp³-hybridized carbons (Fsp3) is 0.389. The van der Waals surface area contributed by atoms with E-state index in [1.807, 2.05) is 45.0 Å². The molecule has 0 bridgehead atoms. The third kappa shape index (κ3) is 5.81. The number of hydrogen-bond acceptors (Lipinski definition) is 4. The van der Waals surface area contributed by atoms with E-state index in [-0.39, 0.29) is 11.4 Å². The fourth-order valence-corrected chi connectivity index (χ4v) is 2.45. The Hall–Kier alpha value is -2.14. The summed E-state index contributed by atoms with van der Waals surface area (Å²) < 4.78 is 0. The number of carbonyl (C=O) groups is 1. The van der Waals surface area contributed by atoms with Crippen LogP contribution in [0.25, 0.3) is 0 Å². The molecule has 2 rings (SSSR count). The third-order valence-electron chi connectivity index (χ3n) is 3.16. The Morgan fingerprint density at radius 2 is 1.96 bits per heavy atom. The minimum absolute atomic E-state index is 0.138. The summed E-state index contributed by atoms with van der Waals surface area (Å²) in [5, 5.41) is 6.84. The van der Waals surface area contributed by atoms with Crippen LogP contribution < -0.4 is 10.6 Å². The van der Waals surface area contributed by atoms with Gasteiger partial charge in [0.25, 0.3) is 5.91 Å². The van der Waals surface area contributed by atoms with E-state index in [0.29, 0.717) is 35.3 Å². The van der Waals surface area contributed by atoms with Crippen LogP contribution in [-0.2, 0) is 6.42 Å². The molecule has 0 aliphatic heterocycles. The highest BCUT2D eigenvalue weighted by molar-refractivity contribution is 6.30. The first-order valence-electron chi connectivity index (χ1n) is 7.89. The predicted octanol–water partition coefficient (Wildman–Crippen LogP) is 3.62. The Labute approximate surface area is 147 Å². The molecule has 0 fully saturated rings. The van der Waals surface area contributed by atoms with Gasteiger partial charge in [-0.1, -0.05) is 23.7 Å². The Morgan fingerprint density at radius 1 is 1.21 bits per heavy atom. The van der Waals surface area contributed by atoms with Gasteiger partial charge in [0.15, 0.2) is 0 Å². The lowest BCUT2D eigenvalue weighted by molar-refractivity contribution is 0.0948. The first-order chi connectivity index (χ1) is 11.2. The molecule has 128 valence electrons. The maximum Gasteiger partial charge on any atom is 0.270 e. The second-order valence-electron chi connectivity index (χ2n) is 6.70. The van der Waals surface area contributed by atoms with E-state index >= 15 is 0 Å². The largest absolute Gasteiger partial charge is 0.365 e. The van der Waals surface area contributed by atoms with Crippen LogP contribution in [0.15, 0.2) is 30.3 Å². The van der Waals surface area contributed by atoms with Crippen LogP contribution in [0.5, 0.6) is 0 Å². The van der Waals surface area contributed by atoms with Crippen molar-refractivity contribution in [2.45, 2.75) is 39.7 Å². The quantitative estimate of drug-likeness (QED) is 0.867. The number of anilines is 1. The average molecular weight is 347 g/mol. The van der Waals surface area contributed by atoms with E-state index in [1.165, 1.54) is 0 Å². The second-order valence-corrected chi connectivity index (χ2v) is 7.13. The third-order valence-corrected chi connectivity index (χ3v) is 3.40. The number of carbonyl (C=O) groups excluding carboxylic acids is 1. The molecule has 0 saturated carbocycles. The average Bonchev–Trinajstić information content (AvgIpc) is 2.44. The van der Waals surface area contributed by atoms with Gasteiger partial charge in [0.2, 0.25) is 0 Å². The number of benzene rings is 1. The number of rotatable bonds is 5. The van der Waals surface area contributed by atoms with Gasteiger partial charge in [-0.2, -0.15) is 0 Å². The van der Waals surface area contributed by atoms with Gasteiger partial charge in [-0.05, 0) is 51.8 Å². The van der Waals surface area contributed by atoms with Crippen LogP contribution in [0.2, 0.25) is 5.02 Å². The fourth-order valence-electron chi connectivity index (χ4n) is 2.24. The maximum atomic E-state index is 12.3. The maximum absolute atomic E-state index is 12.3. The number of nitrogens with zero attached hydrogens (tertiary/aromatic N) is 2. The Bertz CT molecular complexity index is 725. The Balaban J connectivity index is 1.99. The molecule has 0 saturated heterocycles. The molecule has 1 aromatic heterocycles. The predicted molar refractivity (Wildman–Crippen MR) is 97.6 cm³/mol. The van der Waals surface area contributed by atoms with E-state index in [1.54, 1.807) is 13.0 Å². The molecule has 2 N–H and O–H groups in total. The minimum Gasteiger partial charge on any atom is -0.365 e. The summed E-state index contributed by atoms with van der Waals surface area (Å²) in [6.45, 7) is 8.40. The molecule has 5 nitrogen and oxygen atoms in total. The first-order valence-corrected chi connectivity index (χ1v) is 8.27. The van der Waals surface area contributed by atoms with E-state index in [0.717, 1.165) is 5.56 Å². The molecular formula is C18H23ClN4O. The van der Waals surface area contributed by atoms with Crippen molar-refractivity contribution < 1.29 is 4.79 Å². The first kappa shape index (κ1) is 18.2. The van der Waals surface area contributed by atoms with Crippen LogP contribution in [0, 0.1) is 6.92 Å². The highest BCUT2D eigenvalue weighted by Gasteiger charge is 2.14. The van der Waals surface area contributed by atoms with E-state index in [9.17, 15) is 4.79 Å². The second kappa shape index (κ2) is 7.62. The molecule has 6 heteroatoms. The van der Waals surface area contributed by atoms with E-state index < -0.39 is 0 Å². The minimum atomic E-state index is -0.209.